The van der Waals surface area contributed by atoms with Crippen LogP contribution in [0.1, 0.15) is 25.3 Å². The first-order chi connectivity index (χ1) is 13.9. The highest BCUT2D eigenvalue weighted by atomic mass is 19.1. The third kappa shape index (κ3) is 5.39. The maximum absolute atomic E-state index is 13.6. The van der Waals surface area contributed by atoms with Crippen LogP contribution in [0.5, 0.6) is 5.75 Å². The van der Waals surface area contributed by atoms with Gasteiger partial charge in [-0.2, -0.15) is 4.98 Å². The van der Waals surface area contributed by atoms with Crippen LogP contribution in [0.2, 0.25) is 0 Å². The number of amides is 1. The number of nitrogens with two attached hydrogens (primary N) is 1. The molecule has 7 nitrogen and oxygen atoms in total. The van der Waals surface area contributed by atoms with Crippen molar-refractivity contribution < 1.29 is 18.4 Å². The summed E-state index contributed by atoms with van der Waals surface area (Å²) in [5, 5.41) is 6.61. The number of nitrogens with one attached hydrogen (secondary N) is 1. The summed E-state index contributed by atoms with van der Waals surface area (Å²) in [6, 6.07) is 13.0. The van der Waals surface area contributed by atoms with E-state index in [1.807, 2.05) is 38.1 Å². The average molecular weight is 398 g/mol. The summed E-state index contributed by atoms with van der Waals surface area (Å²) in [6.07, 6.45) is 0. The number of para-hydroxylation sites is 1. The van der Waals surface area contributed by atoms with Crippen LogP contribution >= 0.6 is 0 Å². The first kappa shape index (κ1) is 20.5. The molecule has 0 fully saturated rings. The molecule has 29 heavy (non-hydrogen) atoms. The van der Waals surface area contributed by atoms with E-state index in [-0.39, 0.29) is 36.6 Å². The number of hydrogen-bond acceptors (Lipinski definition) is 6. The first-order valence-corrected chi connectivity index (χ1v) is 9.26. The standard InChI is InChI=1S/C21H23FN4O3/c1-13(2)19(23)21(27)24-11-18-25-20(26-29-18)15-9-7-14(8-10-15)12-28-17-6-4-3-5-16(17)22/h3-10,13,19H,11-12,23H2,1-2H3,(H,24,27)/t19-/m0/s1. The van der Waals surface area contributed by atoms with Gasteiger partial charge in [-0.05, 0) is 23.6 Å². The lowest BCUT2D eigenvalue weighted by Crippen LogP contribution is -2.43. The Balaban J connectivity index is 1.56. The Morgan fingerprint density at radius 3 is 2.62 bits per heavy atom. The number of ether oxygens (including phenoxy) is 1. The van der Waals surface area contributed by atoms with Gasteiger partial charge in [0.25, 0.3) is 0 Å². The van der Waals surface area contributed by atoms with E-state index in [4.69, 9.17) is 15.0 Å². The Morgan fingerprint density at radius 1 is 1.21 bits per heavy atom. The van der Waals surface area contributed by atoms with Crippen molar-refractivity contribution in [2.75, 3.05) is 0 Å². The van der Waals surface area contributed by atoms with Crippen LogP contribution < -0.4 is 15.8 Å². The Morgan fingerprint density at radius 2 is 1.93 bits per heavy atom. The molecule has 3 aromatic rings. The van der Waals surface area contributed by atoms with Crippen molar-refractivity contribution >= 4 is 5.91 Å². The van der Waals surface area contributed by atoms with E-state index in [9.17, 15) is 9.18 Å². The van der Waals surface area contributed by atoms with Crippen LogP contribution in [0.15, 0.2) is 53.1 Å². The summed E-state index contributed by atoms with van der Waals surface area (Å²) in [4.78, 5) is 16.2. The monoisotopic (exact) mass is 398 g/mol. The molecule has 0 aliphatic heterocycles. The maximum Gasteiger partial charge on any atom is 0.246 e. The second-order valence-corrected chi connectivity index (χ2v) is 6.92. The predicted octanol–water partition coefficient (Wildman–Crippen LogP) is 3.05. The van der Waals surface area contributed by atoms with Crippen molar-refractivity contribution in [3.8, 4) is 17.1 Å². The van der Waals surface area contributed by atoms with E-state index in [0.717, 1.165) is 11.1 Å². The summed E-state index contributed by atoms with van der Waals surface area (Å²) in [5.74, 6) is 0.275. The highest BCUT2D eigenvalue weighted by Crippen LogP contribution is 2.20. The zero-order valence-electron chi connectivity index (χ0n) is 16.3. The summed E-state index contributed by atoms with van der Waals surface area (Å²) < 4.78 is 24.3. The van der Waals surface area contributed by atoms with Gasteiger partial charge in [-0.1, -0.05) is 55.4 Å². The van der Waals surface area contributed by atoms with Crippen LogP contribution in [-0.4, -0.2) is 22.1 Å². The summed E-state index contributed by atoms with van der Waals surface area (Å²) in [6.45, 7) is 4.10. The number of aromatic nitrogens is 2. The predicted molar refractivity (Wildman–Crippen MR) is 105 cm³/mol. The van der Waals surface area contributed by atoms with E-state index < -0.39 is 11.9 Å². The molecule has 8 heteroatoms. The number of hydrogen-bond donors (Lipinski definition) is 2. The van der Waals surface area contributed by atoms with Gasteiger partial charge in [0.05, 0.1) is 12.6 Å². The molecular weight excluding hydrogens is 375 g/mol. The van der Waals surface area contributed by atoms with Crippen LogP contribution in [0, 0.1) is 11.7 Å². The van der Waals surface area contributed by atoms with E-state index in [0.29, 0.717) is 5.82 Å². The van der Waals surface area contributed by atoms with Gasteiger partial charge in [0.1, 0.15) is 6.61 Å². The Labute approximate surface area is 168 Å². The topological polar surface area (TPSA) is 103 Å². The van der Waals surface area contributed by atoms with Crippen molar-refractivity contribution in [1.82, 2.24) is 15.5 Å². The Kier molecular flexibility index (Phi) is 6.56. The molecule has 1 amide bonds. The fourth-order valence-corrected chi connectivity index (χ4v) is 2.50. The van der Waals surface area contributed by atoms with Crippen LogP contribution in [0.25, 0.3) is 11.4 Å². The van der Waals surface area contributed by atoms with Gasteiger partial charge in [0, 0.05) is 5.56 Å². The molecule has 0 saturated heterocycles. The molecule has 1 heterocycles. The molecule has 2 aromatic carbocycles. The van der Waals surface area contributed by atoms with Gasteiger partial charge in [0.15, 0.2) is 11.6 Å². The maximum atomic E-state index is 13.6. The molecule has 3 rings (SSSR count). The largest absolute Gasteiger partial charge is 0.486 e. The molecule has 0 bridgehead atoms. The highest BCUT2D eigenvalue weighted by Gasteiger charge is 2.18. The molecule has 0 radical (unpaired) electrons. The Hall–Kier alpha value is -3.26. The van der Waals surface area contributed by atoms with Crippen molar-refractivity contribution in [2.24, 2.45) is 11.7 Å². The lowest BCUT2D eigenvalue weighted by Gasteiger charge is -2.14. The molecule has 1 atom stereocenters. The van der Waals surface area contributed by atoms with Crippen LogP contribution in [-0.2, 0) is 17.9 Å². The molecular formula is C21H23FN4O3. The fourth-order valence-electron chi connectivity index (χ4n) is 2.50. The number of benzene rings is 2. The van der Waals surface area contributed by atoms with Crippen molar-refractivity contribution in [1.29, 1.82) is 0 Å². The minimum absolute atomic E-state index is 0.0362. The lowest BCUT2D eigenvalue weighted by molar-refractivity contribution is -0.123. The van der Waals surface area contributed by atoms with Crippen molar-refractivity contribution in [2.45, 2.75) is 33.0 Å². The molecule has 3 N–H and O–H groups in total. The van der Waals surface area contributed by atoms with Gasteiger partial charge in [-0.25, -0.2) is 4.39 Å². The summed E-state index contributed by atoms with van der Waals surface area (Å²) in [5.41, 5.74) is 7.42. The summed E-state index contributed by atoms with van der Waals surface area (Å²) >= 11 is 0. The quantitative estimate of drug-likeness (QED) is 0.604. The molecule has 0 saturated carbocycles. The average Bonchev–Trinajstić information content (AvgIpc) is 3.20. The van der Waals surface area contributed by atoms with Crippen LogP contribution in [0.4, 0.5) is 4.39 Å². The molecule has 0 spiro atoms. The minimum Gasteiger partial charge on any atom is -0.486 e. The zero-order chi connectivity index (χ0) is 20.8. The normalized spacial score (nSPS) is 12.0. The lowest BCUT2D eigenvalue weighted by atomic mass is 10.1. The van der Waals surface area contributed by atoms with E-state index in [1.165, 1.54) is 6.07 Å². The van der Waals surface area contributed by atoms with Gasteiger partial charge >= 0.3 is 0 Å². The number of rotatable bonds is 8. The van der Waals surface area contributed by atoms with E-state index >= 15 is 0 Å². The van der Waals surface area contributed by atoms with E-state index in [1.54, 1.807) is 18.2 Å². The highest BCUT2D eigenvalue weighted by molar-refractivity contribution is 5.81. The molecule has 0 aliphatic carbocycles. The first-order valence-electron chi connectivity index (χ1n) is 9.26. The Bertz CT molecular complexity index is 957. The molecule has 152 valence electrons. The van der Waals surface area contributed by atoms with Gasteiger partial charge in [-0.15, -0.1) is 0 Å². The second-order valence-electron chi connectivity index (χ2n) is 6.92. The SMILES string of the molecule is CC(C)[C@H](N)C(=O)NCc1nc(-c2ccc(COc3ccccc3F)cc2)no1. The van der Waals surface area contributed by atoms with Crippen molar-refractivity contribution in [3.63, 3.8) is 0 Å². The number of halogens is 1. The second kappa shape index (κ2) is 9.29. The third-order valence-electron chi connectivity index (χ3n) is 4.35. The van der Waals surface area contributed by atoms with Crippen LogP contribution in [0.3, 0.4) is 0 Å². The minimum atomic E-state index is -0.587. The molecule has 1 aromatic heterocycles. The molecule has 0 unspecified atom stereocenters. The van der Waals surface area contributed by atoms with Crippen molar-refractivity contribution in [3.05, 3.63) is 65.8 Å². The zero-order valence-corrected chi connectivity index (χ0v) is 16.3. The van der Waals surface area contributed by atoms with Gasteiger partial charge in [0.2, 0.25) is 17.6 Å². The van der Waals surface area contributed by atoms with Gasteiger partial charge < -0.3 is 20.3 Å². The summed E-state index contributed by atoms with van der Waals surface area (Å²) in [7, 11) is 0. The number of carbonyl (C=O) groups is 1. The number of nitrogens with zero attached hydrogens (tertiary/aromatic N) is 2. The third-order valence-corrected chi connectivity index (χ3v) is 4.35. The molecule has 0 aliphatic rings. The number of carbonyl (C=O) groups excluding carboxylic acids is 1. The smallest absolute Gasteiger partial charge is 0.246 e. The van der Waals surface area contributed by atoms with E-state index in [2.05, 4.69) is 15.5 Å². The fraction of sp³-hybridized carbons (Fsp3) is 0.286. The van der Waals surface area contributed by atoms with Gasteiger partial charge in [-0.3, -0.25) is 4.79 Å².